The van der Waals surface area contributed by atoms with Crippen molar-refractivity contribution in [1.82, 2.24) is 20.2 Å². The summed E-state index contributed by atoms with van der Waals surface area (Å²) in [5.74, 6) is 1.81. The lowest BCUT2D eigenvalue weighted by molar-refractivity contribution is -0.123. The smallest absolute Gasteiger partial charge is 0.234 e. The Hall–Kier alpha value is -1.73. The monoisotopic (exact) mass is 373 g/mol. The maximum Gasteiger partial charge on any atom is 0.234 e. The van der Waals surface area contributed by atoms with Gasteiger partial charge in [-0.2, -0.15) is 0 Å². The predicted molar refractivity (Wildman–Crippen MR) is 106 cm³/mol. The Balaban J connectivity index is 1.29. The highest BCUT2D eigenvalue weighted by atomic mass is 32.1. The molecule has 0 aromatic carbocycles. The van der Waals surface area contributed by atoms with Crippen molar-refractivity contribution in [2.24, 2.45) is 5.92 Å². The summed E-state index contributed by atoms with van der Waals surface area (Å²) in [6, 6.07) is 2.46. The molecule has 7 heteroatoms. The fraction of sp³-hybridized carbons (Fsp3) is 0.632. The van der Waals surface area contributed by atoms with Crippen LogP contribution >= 0.6 is 11.3 Å². The van der Waals surface area contributed by atoms with Crippen LogP contribution in [0.5, 0.6) is 0 Å². The molecule has 2 aromatic heterocycles. The normalized spacial score (nSPS) is 24.7. The summed E-state index contributed by atoms with van der Waals surface area (Å²) < 4.78 is 0. The summed E-state index contributed by atoms with van der Waals surface area (Å²) in [7, 11) is 0. The number of piperazine rings is 1. The molecule has 0 bridgehead atoms. The van der Waals surface area contributed by atoms with Crippen molar-refractivity contribution in [2.75, 3.05) is 37.6 Å². The number of hydrogen-bond acceptors (Lipinski definition) is 6. The molecule has 1 saturated heterocycles. The molecule has 1 aliphatic heterocycles. The van der Waals surface area contributed by atoms with E-state index in [2.05, 4.69) is 43.5 Å². The van der Waals surface area contributed by atoms with E-state index in [-0.39, 0.29) is 5.91 Å². The zero-order valence-electron chi connectivity index (χ0n) is 15.4. The number of hydrogen-bond donors (Lipinski definition) is 1. The number of nitrogens with zero attached hydrogens (tertiary/aromatic N) is 4. The van der Waals surface area contributed by atoms with Gasteiger partial charge in [0.1, 0.15) is 17.0 Å². The lowest BCUT2D eigenvalue weighted by Crippen LogP contribution is -2.51. The third-order valence-electron chi connectivity index (χ3n) is 5.74. The number of carbonyl (C=O) groups is 1. The van der Waals surface area contributed by atoms with Gasteiger partial charge in [0.05, 0.1) is 11.9 Å². The van der Waals surface area contributed by atoms with Crippen LogP contribution < -0.4 is 10.2 Å². The van der Waals surface area contributed by atoms with Crippen molar-refractivity contribution < 1.29 is 4.79 Å². The Morgan fingerprint density at radius 2 is 2.04 bits per heavy atom. The minimum atomic E-state index is 0.180. The quantitative estimate of drug-likeness (QED) is 0.892. The van der Waals surface area contributed by atoms with Gasteiger partial charge in [-0.15, -0.1) is 11.3 Å². The van der Waals surface area contributed by atoms with Crippen LogP contribution in [0.4, 0.5) is 5.82 Å². The number of nitrogens with one attached hydrogen (secondary N) is 1. The number of anilines is 1. The Morgan fingerprint density at radius 3 is 2.85 bits per heavy atom. The highest BCUT2D eigenvalue weighted by Gasteiger charge is 2.25. The van der Waals surface area contributed by atoms with Crippen LogP contribution in [-0.4, -0.2) is 59.5 Å². The topological polar surface area (TPSA) is 61.4 Å². The summed E-state index contributed by atoms with van der Waals surface area (Å²) in [4.78, 5) is 26.9. The third kappa shape index (κ3) is 3.83. The van der Waals surface area contributed by atoms with Crippen LogP contribution in [0.3, 0.4) is 0 Å². The van der Waals surface area contributed by atoms with E-state index >= 15 is 0 Å². The molecule has 2 unspecified atom stereocenters. The summed E-state index contributed by atoms with van der Waals surface area (Å²) in [5.41, 5.74) is 0. The lowest BCUT2D eigenvalue weighted by Gasteiger charge is -2.36. The molecular weight excluding hydrogens is 346 g/mol. The summed E-state index contributed by atoms with van der Waals surface area (Å²) >= 11 is 1.65. The maximum atomic E-state index is 12.4. The largest absolute Gasteiger partial charge is 0.353 e. The molecule has 140 valence electrons. The fourth-order valence-electron chi connectivity index (χ4n) is 4.13. The molecule has 6 nitrogen and oxygen atoms in total. The minimum Gasteiger partial charge on any atom is -0.353 e. The molecule has 1 aliphatic carbocycles. The van der Waals surface area contributed by atoms with Gasteiger partial charge in [0.15, 0.2) is 0 Å². The summed E-state index contributed by atoms with van der Waals surface area (Å²) in [6.45, 7) is 6.35. The van der Waals surface area contributed by atoms with E-state index in [4.69, 9.17) is 0 Å². The maximum absolute atomic E-state index is 12.4. The average molecular weight is 374 g/mol. The molecule has 2 atom stereocenters. The number of rotatable bonds is 4. The van der Waals surface area contributed by atoms with Gasteiger partial charge in [0.2, 0.25) is 5.91 Å². The van der Waals surface area contributed by atoms with Gasteiger partial charge in [-0.3, -0.25) is 9.69 Å². The van der Waals surface area contributed by atoms with E-state index in [9.17, 15) is 4.79 Å². The second-order valence-corrected chi connectivity index (χ2v) is 8.43. The minimum absolute atomic E-state index is 0.180. The fourth-order valence-corrected chi connectivity index (χ4v) is 4.86. The van der Waals surface area contributed by atoms with E-state index < -0.39 is 0 Å². The van der Waals surface area contributed by atoms with Crippen molar-refractivity contribution in [3.8, 4) is 0 Å². The number of amides is 1. The number of thiophene rings is 1. The SMILES string of the molecule is CC1CCCCC1NC(=O)CN1CCN(c2ncnc3sccc23)CC1. The zero-order valence-corrected chi connectivity index (χ0v) is 16.2. The van der Waals surface area contributed by atoms with Crippen LogP contribution in [0.1, 0.15) is 32.6 Å². The van der Waals surface area contributed by atoms with Crippen molar-refractivity contribution in [1.29, 1.82) is 0 Å². The van der Waals surface area contributed by atoms with Gasteiger partial charge in [0, 0.05) is 32.2 Å². The predicted octanol–water partition coefficient (Wildman–Crippen LogP) is 2.51. The van der Waals surface area contributed by atoms with Gasteiger partial charge in [0.25, 0.3) is 0 Å². The third-order valence-corrected chi connectivity index (χ3v) is 6.56. The van der Waals surface area contributed by atoms with Crippen LogP contribution in [0.25, 0.3) is 10.2 Å². The zero-order chi connectivity index (χ0) is 17.9. The van der Waals surface area contributed by atoms with Crippen LogP contribution in [0.2, 0.25) is 0 Å². The molecule has 26 heavy (non-hydrogen) atoms. The molecule has 1 saturated carbocycles. The molecule has 2 aliphatic rings. The first-order valence-corrected chi connectivity index (χ1v) is 10.5. The molecular formula is C19H27N5OS. The van der Waals surface area contributed by atoms with Gasteiger partial charge >= 0.3 is 0 Å². The van der Waals surface area contributed by atoms with E-state index in [1.807, 2.05) is 0 Å². The molecule has 2 aromatic rings. The Morgan fingerprint density at radius 1 is 1.23 bits per heavy atom. The van der Waals surface area contributed by atoms with Crippen molar-refractivity contribution >= 4 is 33.3 Å². The van der Waals surface area contributed by atoms with Crippen molar-refractivity contribution in [3.63, 3.8) is 0 Å². The second kappa shape index (κ2) is 7.88. The first kappa shape index (κ1) is 17.7. The first-order valence-electron chi connectivity index (χ1n) is 9.65. The highest BCUT2D eigenvalue weighted by Crippen LogP contribution is 2.27. The first-order chi connectivity index (χ1) is 12.7. The van der Waals surface area contributed by atoms with Gasteiger partial charge in [-0.1, -0.05) is 19.8 Å². The number of carbonyl (C=O) groups excluding carboxylic acids is 1. The van der Waals surface area contributed by atoms with Gasteiger partial charge in [-0.05, 0) is 30.2 Å². The van der Waals surface area contributed by atoms with Gasteiger partial charge < -0.3 is 10.2 Å². The summed E-state index contributed by atoms with van der Waals surface area (Å²) in [5, 5.41) is 6.47. The summed E-state index contributed by atoms with van der Waals surface area (Å²) in [6.07, 6.45) is 6.56. The number of aromatic nitrogens is 2. The Labute approximate surface area is 158 Å². The van der Waals surface area contributed by atoms with E-state index in [1.165, 1.54) is 19.3 Å². The van der Waals surface area contributed by atoms with Gasteiger partial charge in [-0.25, -0.2) is 9.97 Å². The lowest BCUT2D eigenvalue weighted by atomic mass is 9.86. The van der Waals surface area contributed by atoms with Crippen molar-refractivity contribution in [3.05, 3.63) is 17.8 Å². The average Bonchev–Trinajstić information content (AvgIpc) is 3.13. The van der Waals surface area contributed by atoms with E-state index in [0.29, 0.717) is 18.5 Å². The molecule has 1 amide bonds. The van der Waals surface area contributed by atoms with Crippen LogP contribution in [0, 0.1) is 5.92 Å². The standard InChI is InChI=1S/C19H27N5OS/c1-14-4-2-3-5-16(14)22-17(25)12-23-7-9-24(10-8-23)18-15-6-11-26-19(15)21-13-20-18/h6,11,13-14,16H,2-5,7-10,12H2,1H3,(H,22,25). The van der Waals surface area contributed by atoms with Crippen molar-refractivity contribution in [2.45, 2.75) is 38.6 Å². The molecule has 0 radical (unpaired) electrons. The molecule has 0 spiro atoms. The van der Waals surface area contributed by atoms with Crippen LogP contribution in [-0.2, 0) is 4.79 Å². The molecule has 2 fully saturated rings. The van der Waals surface area contributed by atoms with Crippen LogP contribution in [0.15, 0.2) is 17.8 Å². The Bertz CT molecular complexity index is 755. The van der Waals surface area contributed by atoms with E-state index in [0.717, 1.165) is 48.6 Å². The number of fused-ring (bicyclic) bond motifs is 1. The molecule has 4 rings (SSSR count). The van der Waals surface area contributed by atoms with E-state index in [1.54, 1.807) is 17.7 Å². The Kier molecular flexibility index (Phi) is 5.36. The highest BCUT2D eigenvalue weighted by molar-refractivity contribution is 7.16. The second-order valence-electron chi connectivity index (χ2n) is 7.54. The molecule has 1 N–H and O–H groups in total. The molecule has 3 heterocycles.